The molecule has 7 heteroatoms. The number of aryl methyl sites for hydroxylation is 1. The summed E-state index contributed by atoms with van der Waals surface area (Å²) in [4.78, 5) is 21.8. The van der Waals surface area contributed by atoms with Crippen molar-refractivity contribution < 1.29 is 13.9 Å². The highest BCUT2D eigenvalue weighted by Crippen LogP contribution is 2.40. The summed E-state index contributed by atoms with van der Waals surface area (Å²) in [7, 11) is 0. The zero-order valence-electron chi connectivity index (χ0n) is 15.9. The molecule has 1 unspecified atom stereocenters. The van der Waals surface area contributed by atoms with Gasteiger partial charge in [-0.05, 0) is 44.4 Å². The van der Waals surface area contributed by atoms with E-state index in [1.165, 1.54) is 6.26 Å². The number of amides is 1. The Morgan fingerprint density at radius 3 is 2.61 bits per heavy atom. The van der Waals surface area contributed by atoms with Crippen LogP contribution in [0.5, 0.6) is 0 Å². The molecule has 1 atom stereocenters. The highest BCUT2D eigenvalue weighted by Gasteiger charge is 2.38. The standard InChI is InChI=1S/C21H22N4O3/c1-12-22-18(25-21(2)8-9-21)17-15(11-28-20(17)23-12)19(26)24-14-5-3-13(4-6-14)16-7-10-27-16/h3-6,11,16H,7-10H2,1-2H3,(H,24,26)(H,22,23,25). The summed E-state index contributed by atoms with van der Waals surface area (Å²) in [6.45, 7) is 4.77. The molecule has 3 aromatic rings. The Labute approximate surface area is 162 Å². The Morgan fingerprint density at radius 2 is 1.96 bits per heavy atom. The third kappa shape index (κ3) is 3.11. The Kier molecular flexibility index (Phi) is 3.87. The van der Waals surface area contributed by atoms with Crippen molar-refractivity contribution in [2.24, 2.45) is 0 Å². The van der Waals surface area contributed by atoms with Gasteiger partial charge in [0.1, 0.15) is 17.9 Å². The van der Waals surface area contributed by atoms with E-state index in [1.807, 2.05) is 31.2 Å². The van der Waals surface area contributed by atoms with Gasteiger partial charge in [-0.1, -0.05) is 12.1 Å². The Hall–Kier alpha value is -2.93. The number of nitrogens with zero attached hydrogens (tertiary/aromatic N) is 2. The highest BCUT2D eigenvalue weighted by atomic mass is 16.5. The molecule has 1 aromatic carbocycles. The number of anilines is 2. The van der Waals surface area contributed by atoms with Crippen LogP contribution in [0.15, 0.2) is 34.9 Å². The number of hydrogen-bond acceptors (Lipinski definition) is 6. The summed E-state index contributed by atoms with van der Waals surface area (Å²) < 4.78 is 11.1. The molecule has 0 radical (unpaired) electrons. The molecular weight excluding hydrogens is 356 g/mol. The number of benzene rings is 1. The summed E-state index contributed by atoms with van der Waals surface area (Å²) in [6.07, 6.45) is 4.83. The molecule has 2 N–H and O–H groups in total. The first-order valence-electron chi connectivity index (χ1n) is 9.58. The van der Waals surface area contributed by atoms with Crippen LogP contribution in [0.2, 0.25) is 0 Å². The molecule has 1 saturated carbocycles. The molecule has 2 fully saturated rings. The maximum atomic E-state index is 12.9. The van der Waals surface area contributed by atoms with Gasteiger partial charge in [-0.3, -0.25) is 4.79 Å². The van der Waals surface area contributed by atoms with Crippen molar-refractivity contribution in [1.82, 2.24) is 9.97 Å². The summed E-state index contributed by atoms with van der Waals surface area (Å²) in [5.74, 6) is 1.01. The summed E-state index contributed by atoms with van der Waals surface area (Å²) in [5, 5.41) is 7.01. The number of rotatable bonds is 5. The van der Waals surface area contributed by atoms with Crippen LogP contribution >= 0.6 is 0 Å². The lowest BCUT2D eigenvalue weighted by molar-refractivity contribution is -0.0527. The zero-order chi connectivity index (χ0) is 19.3. The maximum Gasteiger partial charge on any atom is 0.259 e. The topological polar surface area (TPSA) is 89.3 Å². The average Bonchev–Trinajstić information content (AvgIpc) is 3.17. The van der Waals surface area contributed by atoms with Gasteiger partial charge in [0.2, 0.25) is 5.71 Å². The summed E-state index contributed by atoms with van der Waals surface area (Å²) in [6, 6.07) is 7.76. The van der Waals surface area contributed by atoms with Crippen LogP contribution in [0, 0.1) is 6.92 Å². The van der Waals surface area contributed by atoms with Gasteiger partial charge in [0.25, 0.3) is 5.91 Å². The van der Waals surface area contributed by atoms with Crippen molar-refractivity contribution in [3.05, 3.63) is 47.5 Å². The predicted molar refractivity (Wildman–Crippen MR) is 106 cm³/mol. The van der Waals surface area contributed by atoms with Crippen LogP contribution in [0.25, 0.3) is 11.1 Å². The zero-order valence-corrected chi connectivity index (χ0v) is 15.9. The molecule has 1 aliphatic carbocycles. The average molecular weight is 378 g/mol. The first-order chi connectivity index (χ1) is 13.5. The molecule has 1 saturated heterocycles. The lowest BCUT2D eigenvalue weighted by Gasteiger charge is -2.26. The number of ether oxygens (including phenoxy) is 1. The number of carbonyl (C=O) groups is 1. The van der Waals surface area contributed by atoms with Crippen molar-refractivity contribution >= 4 is 28.5 Å². The lowest BCUT2D eigenvalue weighted by Crippen LogP contribution is -2.19. The number of fused-ring (bicyclic) bond motifs is 1. The third-order valence-corrected chi connectivity index (χ3v) is 5.45. The van der Waals surface area contributed by atoms with Crippen LogP contribution in [-0.2, 0) is 4.74 Å². The minimum atomic E-state index is -0.247. The molecule has 2 aromatic heterocycles. The van der Waals surface area contributed by atoms with Crippen molar-refractivity contribution in [1.29, 1.82) is 0 Å². The molecule has 28 heavy (non-hydrogen) atoms. The van der Waals surface area contributed by atoms with Gasteiger partial charge in [0, 0.05) is 17.6 Å². The van der Waals surface area contributed by atoms with Gasteiger partial charge in [0.05, 0.1) is 23.7 Å². The largest absolute Gasteiger partial charge is 0.445 e. The molecule has 1 aliphatic heterocycles. The van der Waals surface area contributed by atoms with E-state index < -0.39 is 0 Å². The van der Waals surface area contributed by atoms with Crippen LogP contribution < -0.4 is 10.6 Å². The molecule has 2 aliphatic rings. The molecule has 7 nitrogen and oxygen atoms in total. The van der Waals surface area contributed by atoms with Crippen molar-refractivity contribution in [3.63, 3.8) is 0 Å². The SMILES string of the molecule is Cc1nc(NC2(C)CC2)c2c(C(=O)Nc3ccc(C4CCO4)cc3)coc2n1. The fourth-order valence-electron chi connectivity index (χ4n) is 3.38. The van der Waals surface area contributed by atoms with E-state index in [2.05, 4.69) is 27.5 Å². The second-order valence-electron chi connectivity index (χ2n) is 7.86. The number of nitrogens with one attached hydrogen (secondary N) is 2. The molecule has 0 bridgehead atoms. The van der Waals surface area contributed by atoms with E-state index in [0.29, 0.717) is 28.3 Å². The van der Waals surface area contributed by atoms with Crippen molar-refractivity contribution in [3.8, 4) is 0 Å². The van der Waals surface area contributed by atoms with Gasteiger partial charge in [-0.15, -0.1) is 0 Å². The molecular formula is C21H22N4O3. The Balaban J connectivity index is 1.42. The normalized spacial score (nSPS) is 19.9. The van der Waals surface area contributed by atoms with Crippen molar-refractivity contribution in [2.45, 2.75) is 44.8 Å². The smallest absolute Gasteiger partial charge is 0.259 e. The molecule has 1 amide bonds. The minimum Gasteiger partial charge on any atom is -0.445 e. The number of aromatic nitrogens is 2. The number of furan rings is 1. The first kappa shape index (κ1) is 17.2. The van der Waals surface area contributed by atoms with Crippen LogP contribution in [0.4, 0.5) is 11.5 Å². The van der Waals surface area contributed by atoms with Gasteiger partial charge in [-0.25, -0.2) is 4.98 Å². The van der Waals surface area contributed by atoms with Crippen LogP contribution in [-0.4, -0.2) is 28.0 Å². The second-order valence-corrected chi connectivity index (χ2v) is 7.86. The van der Waals surface area contributed by atoms with Crippen LogP contribution in [0.1, 0.15) is 54.0 Å². The number of hydrogen-bond donors (Lipinski definition) is 2. The predicted octanol–water partition coefficient (Wildman–Crippen LogP) is 4.21. The van der Waals surface area contributed by atoms with E-state index >= 15 is 0 Å². The maximum absolute atomic E-state index is 12.9. The molecule has 144 valence electrons. The number of carbonyl (C=O) groups excluding carboxylic acids is 1. The van der Waals surface area contributed by atoms with E-state index in [1.54, 1.807) is 0 Å². The van der Waals surface area contributed by atoms with Crippen molar-refractivity contribution in [2.75, 3.05) is 17.2 Å². The minimum absolute atomic E-state index is 0.0260. The molecule has 3 heterocycles. The Bertz CT molecular complexity index is 1050. The fraction of sp³-hybridized carbons (Fsp3) is 0.381. The molecule has 0 spiro atoms. The van der Waals surface area contributed by atoms with Gasteiger partial charge < -0.3 is 19.8 Å². The van der Waals surface area contributed by atoms with E-state index in [0.717, 1.165) is 37.1 Å². The van der Waals surface area contributed by atoms with Gasteiger partial charge in [-0.2, -0.15) is 4.98 Å². The van der Waals surface area contributed by atoms with Crippen LogP contribution in [0.3, 0.4) is 0 Å². The molecule has 5 rings (SSSR count). The quantitative estimate of drug-likeness (QED) is 0.691. The van der Waals surface area contributed by atoms with Gasteiger partial charge in [0.15, 0.2) is 0 Å². The fourth-order valence-corrected chi connectivity index (χ4v) is 3.38. The second kappa shape index (κ2) is 6.31. The monoisotopic (exact) mass is 378 g/mol. The first-order valence-corrected chi connectivity index (χ1v) is 9.58. The third-order valence-electron chi connectivity index (χ3n) is 5.45. The van der Waals surface area contributed by atoms with E-state index in [9.17, 15) is 4.79 Å². The van der Waals surface area contributed by atoms with E-state index in [4.69, 9.17) is 9.15 Å². The Morgan fingerprint density at radius 1 is 1.21 bits per heavy atom. The van der Waals surface area contributed by atoms with E-state index in [-0.39, 0.29) is 17.6 Å². The summed E-state index contributed by atoms with van der Waals surface area (Å²) >= 11 is 0. The summed E-state index contributed by atoms with van der Waals surface area (Å²) in [5.41, 5.74) is 2.72. The highest BCUT2D eigenvalue weighted by molar-refractivity contribution is 6.14. The lowest BCUT2D eigenvalue weighted by atomic mass is 10.0. The van der Waals surface area contributed by atoms with Gasteiger partial charge >= 0.3 is 0 Å².